The van der Waals surface area contributed by atoms with Gasteiger partial charge in [0.05, 0.1) is 11.6 Å². The van der Waals surface area contributed by atoms with E-state index in [9.17, 15) is 9.90 Å². The molecule has 2 heterocycles. The highest BCUT2D eigenvalue weighted by Crippen LogP contribution is 2.58. The van der Waals surface area contributed by atoms with Crippen LogP contribution in [0, 0.1) is 11.8 Å². The van der Waals surface area contributed by atoms with E-state index in [4.69, 9.17) is 0 Å². The summed E-state index contributed by atoms with van der Waals surface area (Å²) in [6, 6.07) is 15.1. The molecule has 0 saturated carbocycles. The van der Waals surface area contributed by atoms with Crippen LogP contribution in [0.2, 0.25) is 0 Å². The molecule has 0 radical (unpaired) electrons. The number of hydrogen-bond donors (Lipinski definition) is 1. The minimum atomic E-state index is -0.821. The second kappa shape index (κ2) is 5.84. The fraction of sp³-hybridized carbons (Fsp3) is 0.320. The molecule has 5 atom stereocenters. The maximum Gasteiger partial charge on any atom is 0.335 e. The number of carboxylic acids is 1. The van der Waals surface area contributed by atoms with Crippen molar-refractivity contribution in [3.8, 4) is 0 Å². The number of aromatic carboxylic acids is 1. The van der Waals surface area contributed by atoms with Crippen LogP contribution in [0.1, 0.15) is 57.8 Å². The summed E-state index contributed by atoms with van der Waals surface area (Å²) in [5, 5.41) is 9.75. The average Bonchev–Trinajstić information content (AvgIpc) is 3.38. The number of hydrogen-bond acceptors (Lipinski definition) is 2. The molecule has 0 bridgehead atoms. The van der Waals surface area contributed by atoms with Gasteiger partial charge in [0.15, 0.2) is 0 Å². The fourth-order valence-electron chi connectivity index (χ4n) is 6.13. The molecule has 2 aromatic carbocycles. The molecule has 0 aromatic heterocycles. The number of rotatable bonds is 2. The SMILES string of the molecule is O=C(O)c1cc2c3c(c1)[C@H]1C=CC[C@H]1[C@H](c1ccccc1)N3C[C@H]1CC=C[C@H]21. The summed E-state index contributed by atoms with van der Waals surface area (Å²) in [5.74, 6) is 0.844. The second-order valence-electron chi connectivity index (χ2n) is 8.62. The molecule has 2 aromatic rings. The predicted molar refractivity (Wildman–Crippen MR) is 110 cm³/mol. The third-order valence-corrected chi connectivity index (χ3v) is 7.24. The summed E-state index contributed by atoms with van der Waals surface area (Å²) in [7, 11) is 0. The molecule has 0 saturated heterocycles. The third-order valence-electron chi connectivity index (χ3n) is 7.24. The van der Waals surface area contributed by atoms with Crippen molar-refractivity contribution in [2.45, 2.75) is 30.7 Å². The topological polar surface area (TPSA) is 40.5 Å². The van der Waals surface area contributed by atoms with Gasteiger partial charge in [-0.25, -0.2) is 4.79 Å². The zero-order chi connectivity index (χ0) is 18.8. The van der Waals surface area contributed by atoms with Gasteiger partial charge in [0.2, 0.25) is 0 Å². The summed E-state index contributed by atoms with van der Waals surface area (Å²) in [4.78, 5) is 14.5. The first-order valence-corrected chi connectivity index (χ1v) is 10.3. The lowest BCUT2D eigenvalue weighted by molar-refractivity contribution is 0.0696. The lowest BCUT2D eigenvalue weighted by Gasteiger charge is -2.51. The average molecular weight is 369 g/mol. The minimum absolute atomic E-state index is 0.302. The van der Waals surface area contributed by atoms with Gasteiger partial charge in [0.1, 0.15) is 0 Å². The number of carboxylic acid groups (broad SMARTS) is 1. The van der Waals surface area contributed by atoms with Crippen LogP contribution in [-0.2, 0) is 0 Å². The molecule has 2 aliphatic heterocycles. The first kappa shape index (κ1) is 16.2. The largest absolute Gasteiger partial charge is 0.478 e. The summed E-state index contributed by atoms with van der Waals surface area (Å²) in [6.07, 6.45) is 11.3. The Hall–Kier alpha value is -2.81. The lowest BCUT2D eigenvalue weighted by atomic mass is 9.70. The van der Waals surface area contributed by atoms with Crippen molar-refractivity contribution in [1.82, 2.24) is 0 Å². The Kier molecular flexibility index (Phi) is 3.37. The zero-order valence-corrected chi connectivity index (χ0v) is 15.7. The van der Waals surface area contributed by atoms with E-state index in [0.717, 1.165) is 19.4 Å². The van der Waals surface area contributed by atoms with Crippen molar-refractivity contribution >= 4 is 11.7 Å². The van der Waals surface area contributed by atoms with Gasteiger partial charge in [0, 0.05) is 24.1 Å². The molecule has 0 amide bonds. The molecule has 3 nitrogen and oxygen atoms in total. The molecule has 28 heavy (non-hydrogen) atoms. The first-order chi connectivity index (χ1) is 13.7. The summed E-state index contributed by atoms with van der Waals surface area (Å²) in [6.45, 7) is 1.05. The van der Waals surface area contributed by atoms with Gasteiger partial charge in [-0.15, -0.1) is 0 Å². The molecule has 0 spiro atoms. The normalized spacial score (nSPS) is 31.4. The Morgan fingerprint density at radius 3 is 2.46 bits per heavy atom. The van der Waals surface area contributed by atoms with Gasteiger partial charge in [-0.05, 0) is 53.5 Å². The highest BCUT2D eigenvalue weighted by atomic mass is 16.4. The molecular formula is C25H23NO2. The first-order valence-electron chi connectivity index (χ1n) is 10.3. The summed E-state index contributed by atoms with van der Waals surface area (Å²) < 4.78 is 0. The Morgan fingerprint density at radius 1 is 0.964 bits per heavy atom. The Balaban J connectivity index is 1.61. The van der Waals surface area contributed by atoms with Crippen LogP contribution >= 0.6 is 0 Å². The smallest absolute Gasteiger partial charge is 0.335 e. The molecule has 140 valence electrons. The van der Waals surface area contributed by atoms with E-state index in [0.29, 0.717) is 35.3 Å². The molecule has 0 fully saturated rings. The third kappa shape index (κ3) is 2.13. The monoisotopic (exact) mass is 369 g/mol. The zero-order valence-electron chi connectivity index (χ0n) is 15.7. The van der Waals surface area contributed by atoms with Crippen LogP contribution in [-0.4, -0.2) is 17.6 Å². The van der Waals surface area contributed by atoms with Crippen molar-refractivity contribution in [2.75, 3.05) is 11.4 Å². The Morgan fingerprint density at radius 2 is 1.68 bits per heavy atom. The highest BCUT2D eigenvalue weighted by Gasteiger charge is 2.47. The quantitative estimate of drug-likeness (QED) is 0.732. The number of anilines is 1. The van der Waals surface area contributed by atoms with Crippen molar-refractivity contribution in [2.24, 2.45) is 11.8 Å². The van der Waals surface area contributed by atoms with Gasteiger partial charge in [-0.1, -0.05) is 54.6 Å². The van der Waals surface area contributed by atoms with Crippen LogP contribution < -0.4 is 4.90 Å². The Labute approximate surface area is 165 Å². The molecule has 2 aliphatic carbocycles. The van der Waals surface area contributed by atoms with Crippen molar-refractivity contribution < 1.29 is 9.90 Å². The molecule has 0 unspecified atom stereocenters. The van der Waals surface area contributed by atoms with E-state index in [1.54, 1.807) is 0 Å². The van der Waals surface area contributed by atoms with Gasteiger partial charge >= 0.3 is 5.97 Å². The summed E-state index contributed by atoms with van der Waals surface area (Å²) in [5.41, 5.74) is 5.56. The minimum Gasteiger partial charge on any atom is -0.478 e. The van der Waals surface area contributed by atoms with Gasteiger partial charge in [-0.2, -0.15) is 0 Å². The van der Waals surface area contributed by atoms with Gasteiger partial charge < -0.3 is 10.0 Å². The second-order valence-corrected chi connectivity index (χ2v) is 8.62. The number of benzene rings is 2. The summed E-state index contributed by atoms with van der Waals surface area (Å²) >= 11 is 0. The van der Waals surface area contributed by atoms with Crippen LogP contribution in [0.4, 0.5) is 5.69 Å². The van der Waals surface area contributed by atoms with Gasteiger partial charge in [-0.3, -0.25) is 0 Å². The van der Waals surface area contributed by atoms with Crippen LogP contribution in [0.5, 0.6) is 0 Å². The Bertz CT molecular complexity index is 1010. The van der Waals surface area contributed by atoms with E-state index >= 15 is 0 Å². The van der Waals surface area contributed by atoms with E-state index < -0.39 is 5.97 Å². The van der Waals surface area contributed by atoms with Gasteiger partial charge in [0.25, 0.3) is 0 Å². The van der Waals surface area contributed by atoms with Crippen molar-refractivity contribution in [3.05, 3.63) is 89.0 Å². The number of nitrogens with zero attached hydrogens (tertiary/aromatic N) is 1. The number of allylic oxidation sites excluding steroid dienone is 4. The number of fused-ring (bicyclic) bond motifs is 4. The lowest BCUT2D eigenvalue weighted by Crippen LogP contribution is -2.46. The predicted octanol–water partition coefficient (Wildman–Crippen LogP) is 5.28. The van der Waals surface area contributed by atoms with E-state index in [1.807, 2.05) is 12.1 Å². The van der Waals surface area contributed by atoms with Crippen LogP contribution in [0.3, 0.4) is 0 Å². The van der Waals surface area contributed by atoms with Crippen LogP contribution in [0.25, 0.3) is 0 Å². The van der Waals surface area contributed by atoms with E-state index in [2.05, 4.69) is 59.5 Å². The molecule has 3 heteroatoms. The highest BCUT2D eigenvalue weighted by molar-refractivity contribution is 5.90. The maximum absolute atomic E-state index is 11.9. The molecular weight excluding hydrogens is 346 g/mol. The van der Waals surface area contributed by atoms with Crippen molar-refractivity contribution in [3.63, 3.8) is 0 Å². The maximum atomic E-state index is 11.9. The van der Waals surface area contributed by atoms with Crippen LogP contribution in [0.15, 0.2) is 66.8 Å². The van der Waals surface area contributed by atoms with E-state index in [1.165, 1.54) is 22.4 Å². The molecule has 1 N–H and O–H groups in total. The fourth-order valence-corrected chi connectivity index (χ4v) is 6.13. The number of carbonyl (C=O) groups is 1. The standard InChI is InChI=1S/C25H23NO2/c27-25(28)17-12-21-18-9-4-8-16(18)14-26-23(15-6-2-1-3-7-15)20-11-5-10-19(20)22(13-17)24(21)26/h1-7,9-10,12-13,16,18-20,23H,8,11,14H2,(H,27,28)/t16-,18+,19+,20-,23+/m1/s1. The van der Waals surface area contributed by atoms with E-state index in [-0.39, 0.29) is 0 Å². The molecule has 4 aliphatic rings. The molecule has 6 rings (SSSR count). The van der Waals surface area contributed by atoms with Crippen molar-refractivity contribution in [1.29, 1.82) is 0 Å².